The Morgan fingerprint density at radius 1 is 1.24 bits per heavy atom. The van der Waals surface area contributed by atoms with Crippen molar-refractivity contribution in [1.29, 1.82) is 0 Å². The first-order valence-electron chi connectivity index (χ1n) is 5.45. The molecule has 0 aliphatic carbocycles. The van der Waals surface area contributed by atoms with Gasteiger partial charge in [0.1, 0.15) is 5.78 Å². The van der Waals surface area contributed by atoms with Crippen LogP contribution in [0.25, 0.3) is 0 Å². The van der Waals surface area contributed by atoms with Crippen LogP contribution in [0, 0.1) is 0 Å². The molecule has 0 amide bonds. The summed E-state index contributed by atoms with van der Waals surface area (Å²) < 4.78 is 4.48. The van der Waals surface area contributed by atoms with Crippen LogP contribution in [-0.4, -0.2) is 18.9 Å². The van der Waals surface area contributed by atoms with Crippen molar-refractivity contribution in [1.82, 2.24) is 0 Å². The van der Waals surface area contributed by atoms with Gasteiger partial charge in [0, 0.05) is 18.4 Å². The minimum atomic E-state index is -0.516. The molecule has 1 rings (SSSR count). The lowest BCUT2D eigenvalue weighted by molar-refractivity contribution is -0.137. The van der Waals surface area contributed by atoms with Gasteiger partial charge in [-0.15, -0.1) is 0 Å². The van der Waals surface area contributed by atoms with E-state index >= 15 is 0 Å². The second-order valence-electron chi connectivity index (χ2n) is 3.80. The Labute approximate surface area is 101 Å². The van der Waals surface area contributed by atoms with Crippen LogP contribution < -0.4 is 0 Å². The van der Waals surface area contributed by atoms with E-state index in [0.29, 0.717) is 12.8 Å². The predicted octanol–water partition coefficient (Wildman–Crippen LogP) is 2.31. The Hall–Kier alpha value is -1.90. The second kappa shape index (κ2) is 6.63. The zero-order chi connectivity index (χ0) is 12.7. The van der Waals surface area contributed by atoms with Crippen LogP contribution in [0.5, 0.6) is 0 Å². The molecule has 17 heavy (non-hydrogen) atoms. The highest BCUT2D eigenvalue weighted by Gasteiger charge is 2.11. The molecule has 0 N–H and O–H groups in total. The van der Waals surface area contributed by atoms with E-state index in [1.807, 2.05) is 30.3 Å². The molecular formula is C14H16O3. The fraction of sp³-hybridized carbons (Fsp3) is 0.286. The number of aryl methyl sites for hydroxylation is 1. The average Bonchev–Trinajstić information content (AvgIpc) is 2.36. The highest BCUT2D eigenvalue weighted by atomic mass is 16.5. The lowest BCUT2D eigenvalue weighted by atomic mass is 10.0. The van der Waals surface area contributed by atoms with Gasteiger partial charge >= 0.3 is 5.97 Å². The van der Waals surface area contributed by atoms with Gasteiger partial charge in [0.2, 0.25) is 0 Å². The van der Waals surface area contributed by atoms with E-state index in [9.17, 15) is 9.59 Å². The third-order valence-corrected chi connectivity index (χ3v) is 2.42. The molecule has 0 aromatic heterocycles. The fourth-order valence-corrected chi connectivity index (χ4v) is 1.47. The normalized spacial score (nSPS) is 9.71. The van der Waals surface area contributed by atoms with Gasteiger partial charge in [0.15, 0.2) is 0 Å². The van der Waals surface area contributed by atoms with Crippen LogP contribution >= 0.6 is 0 Å². The van der Waals surface area contributed by atoms with Crippen LogP contribution in [0.15, 0.2) is 42.5 Å². The zero-order valence-corrected chi connectivity index (χ0v) is 9.94. The Bertz CT molecular complexity index is 407. The standard InChI is InChI=1S/C14H16O3/c1-11(14(16)17-2)10-13(15)9-8-12-6-4-3-5-7-12/h3-7H,1,8-10H2,2H3. The number of carbonyl (C=O) groups is 2. The van der Waals surface area contributed by atoms with Gasteiger partial charge in [-0.25, -0.2) is 4.79 Å². The summed E-state index contributed by atoms with van der Waals surface area (Å²) in [4.78, 5) is 22.6. The number of methoxy groups -OCH3 is 1. The van der Waals surface area contributed by atoms with Gasteiger partial charge < -0.3 is 4.74 Å². The van der Waals surface area contributed by atoms with E-state index in [2.05, 4.69) is 11.3 Å². The molecule has 0 atom stereocenters. The molecule has 90 valence electrons. The molecule has 0 unspecified atom stereocenters. The Morgan fingerprint density at radius 3 is 2.47 bits per heavy atom. The van der Waals surface area contributed by atoms with Gasteiger partial charge in [0.25, 0.3) is 0 Å². The summed E-state index contributed by atoms with van der Waals surface area (Å²) in [5, 5.41) is 0. The minimum absolute atomic E-state index is 0.00394. The number of hydrogen-bond donors (Lipinski definition) is 0. The molecule has 0 bridgehead atoms. The van der Waals surface area contributed by atoms with Gasteiger partial charge in [-0.1, -0.05) is 36.9 Å². The van der Waals surface area contributed by atoms with Crippen molar-refractivity contribution in [3.63, 3.8) is 0 Å². The third kappa shape index (κ3) is 4.64. The smallest absolute Gasteiger partial charge is 0.333 e. The number of ether oxygens (including phenoxy) is 1. The molecule has 0 saturated carbocycles. The minimum Gasteiger partial charge on any atom is -0.466 e. The molecule has 0 spiro atoms. The average molecular weight is 232 g/mol. The van der Waals surface area contributed by atoms with Crippen molar-refractivity contribution in [2.24, 2.45) is 0 Å². The predicted molar refractivity (Wildman–Crippen MR) is 65.5 cm³/mol. The molecule has 0 saturated heterocycles. The summed E-state index contributed by atoms with van der Waals surface area (Å²) in [7, 11) is 1.28. The maximum Gasteiger partial charge on any atom is 0.333 e. The quantitative estimate of drug-likeness (QED) is 0.558. The molecule has 0 aliphatic rings. The first kappa shape index (κ1) is 13.2. The van der Waals surface area contributed by atoms with Crippen molar-refractivity contribution < 1.29 is 14.3 Å². The molecule has 0 heterocycles. The second-order valence-corrected chi connectivity index (χ2v) is 3.80. The number of esters is 1. The van der Waals surface area contributed by atoms with E-state index in [-0.39, 0.29) is 17.8 Å². The largest absolute Gasteiger partial charge is 0.466 e. The summed E-state index contributed by atoms with van der Waals surface area (Å²) in [6, 6.07) is 9.76. The number of Topliss-reactive ketones (excluding diaryl/α,β-unsaturated/α-hetero) is 1. The summed E-state index contributed by atoms with van der Waals surface area (Å²) in [5.41, 5.74) is 1.33. The van der Waals surface area contributed by atoms with Gasteiger partial charge in [0.05, 0.1) is 7.11 Å². The molecule has 0 fully saturated rings. The highest BCUT2D eigenvalue weighted by molar-refractivity contribution is 5.95. The van der Waals surface area contributed by atoms with Crippen LogP contribution in [0.1, 0.15) is 18.4 Å². The summed E-state index contributed by atoms with van der Waals surface area (Å²) in [6.07, 6.45) is 1.17. The molecule has 0 radical (unpaired) electrons. The van der Waals surface area contributed by atoms with Gasteiger partial charge in [-0.2, -0.15) is 0 Å². The molecule has 0 aliphatic heterocycles. The lowest BCUT2D eigenvalue weighted by Gasteiger charge is -2.03. The fourth-order valence-electron chi connectivity index (χ4n) is 1.47. The molecule has 1 aromatic rings. The summed E-state index contributed by atoms with van der Waals surface area (Å²) in [6.45, 7) is 3.53. The number of rotatable bonds is 6. The monoisotopic (exact) mass is 232 g/mol. The molecule has 1 aromatic carbocycles. The van der Waals surface area contributed by atoms with Crippen LogP contribution in [0.4, 0.5) is 0 Å². The lowest BCUT2D eigenvalue weighted by Crippen LogP contribution is -2.09. The molecular weight excluding hydrogens is 216 g/mol. The van der Waals surface area contributed by atoms with Crippen molar-refractivity contribution >= 4 is 11.8 Å². The third-order valence-electron chi connectivity index (χ3n) is 2.42. The Balaban J connectivity index is 2.36. The van der Waals surface area contributed by atoms with Crippen molar-refractivity contribution in [2.75, 3.05) is 7.11 Å². The first-order valence-corrected chi connectivity index (χ1v) is 5.45. The Morgan fingerprint density at radius 2 is 1.88 bits per heavy atom. The van der Waals surface area contributed by atoms with E-state index in [1.54, 1.807) is 0 Å². The summed E-state index contributed by atoms with van der Waals surface area (Å²) in [5.74, 6) is -0.512. The maximum atomic E-state index is 11.6. The maximum absolute atomic E-state index is 11.6. The number of carbonyl (C=O) groups excluding carboxylic acids is 2. The number of ketones is 1. The first-order chi connectivity index (χ1) is 8.13. The van der Waals surface area contributed by atoms with E-state index in [1.165, 1.54) is 7.11 Å². The molecule has 3 heteroatoms. The zero-order valence-electron chi connectivity index (χ0n) is 9.94. The van der Waals surface area contributed by atoms with Crippen LogP contribution in [0.3, 0.4) is 0 Å². The Kier molecular flexibility index (Phi) is 5.14. The highest BCUT2D eigenvalue weighted by Crippen LogP contribution is 2.08. The van der Waals surface area contributed by atoms with Crippen molar-refractivity contribution in [3.8, 4) is 0 Å². The number of hydrogen-bond acceptors (Lipinski definition) is 3. The van der Waals surface area contributed by atoms with Gasteiger partial charge in [-0.05, 0) is 12.0 Å². The van der Waals surface area contributed by atoms with E-state index < -0.39 is 5.97 Å². The van der Waals surface area contributed by atoms with E-state index in [0.717, 1.165) is 5.56 Å². The summed E-state index contributed by atoms with van der Waals surface area (Å²) >= 11 is 0. The van der Waals surface area contributed by atoms with Gasteiger partial charge in [-0.3, -0.25) is 4.79 Å². The topological polar surface area (TPSA) is 43.4 Å². The van der Waals surface area contributed by atoms with Crippen molar-refractivity contribution in [2.45, 2.75) is 19.3 Å². The SMILES string of the molecule is C=C(CC(=O)CCc1ccccc1)C(=O)OC. The van der Waals surface area contributed by atoms with Crippen LogP contribution in [-0.2, 0) is 20.7 Å². The van der Waals surface area contributed by atoms with E-state index in [4.69, 9.17) is 0 Å². The number of benzene rings is 1. The van der Waals surface area contributed by atoms with Crippen LogP contribution in [0.2, 0.25) is 0 Å². The van der Waals surface area contributed by atoms with Crippen molar-refractivity contribution in [3.05, 3.63) is 48.0 Å². The molecule has 3 nitrogen and oxygen atoms in total.